The molecule has 0 saturated carbocycles. The maximum absolute atomic E-state index is 11.2. The first-order valence-electron chi connectivity index (χ1n) is 5.01. The Labute approximate surface area is 92.0 Å². The van der Waals surface area contributed by atoms with Crippen LogP contribution < -0.4 is 11.0 Å². The van der Waals surface area contributed by atoms with Crippen LogP contribution in [0, 0.1) is 0 Å². The van der Waals surface area contributed by atoms with Gasteiger partial charge in [-0.1, -0.05) is 6.08 Å². The molecule has 0 saturated heterocycles. The van der Waals surface area contributed by atoms with Gasteiger partial charge in [-0.2, -0.15) is 5.10 Å². The van der Waals surface area contributed by atoms with Crippen molar-refractivity contribution in [2.45, 2.75) is 19.4 Å². The number of aromatic amines is 1. The van der Waals surface area contributed by atoms with Crippen LogP contribution in [0.15, 0.2) is 29.8 Å². The van der Waals surface area contributed by atoms with E-state index in [0.717, 1.165) is 6.42 Å². The molecule has 16 heavy (non-hydrogen) atoms. The van der Waals surface area contributed by atoms with Crippen molar-refractivity contribution in [1.82, 2.24) is 19.6 Å². The predicted molar refractivity (Wildman–Crippen MR) is 61.5 cm³/mol. The van der Waals surface area contributed by atoms with Gasteiger partial charge in [0.1, 0.15) is 12.1 Å². The van der Waals surface area contributed by atoms with Gasteiger partial charge < -0.3 is 5.32 Å². The Morgan fingerprint density at radius 2 is 2.56 bits per heavy atom. The highest BCUT2D eigenvalue weighted by molar-refractivity contribution is 5.48. The molecule has 0 aliphatic rings. The molecular formula is C10H13N5O. The van der Waals surface area contributed by atoms with Gasteiger partial charge in [0.2, 0.25) is 0 Å². The van der Waals surface area contributed by atoms with Crippen molar-refractivity contribution in [3.63, 3.8) is 0 Å². The van der Waals surface area contributed by atoms with E-state index in [1.54, 1.807) is 6.07 Å². The topological polar surface area (TPSA) is 75.1 Å². The average Bonchev–Trinajstić information content (AvgIpc) is 2.60. The third-order valence-electron chi connectivity index (χ3n) is 2.22. The number of anilines is 1. The van der Waals surface area contributed by atoms with Crippen molar-refractivity contribution >= 4 is 11.5 Å². The minimum atomic E-state index is -0.284. The maximum atomic E-state index is 11.2. The molecule has 0 aliphatic carbocycles. The quantitative estimate of drug-likeness (QED) is 0.746. The Morgan fingerprint density at radius 3 is 3.31 bits per heavy atom. The summed E-state index contributed by atoms with van der Waals surface area (Å²) >= 11 is 0. The molecule has 0 amide bonds. The third-order valence-corrected chi connectivity index (χ3v) is 2.22. The number of hydrogen-bond acceptors (Lipinski definition) is 4. The van der Waals surface area contributed by atoms with Gasteiger partial charge in [0.05, 0.1) is 0 Å². The van der Waals surface area contributed by atoms with Crippen molar-refractivity contribution in [3.05, 3.63) is 35.5 Å². The highest BCUT2D eigenvalue weighted by atomic mass is 16.1. The number of nitrogens with zero attached hydrogens (tertiary/aromatic N) is 3. The van der Waals surface area contributed by atoms with Gasteiger partial charge in [0, 0.05) is 12.1 Å². The minimum Gasteiger partial charge on any atom is -0.367 e. The highest BCUT2D eigenvalue weighted by Gasteiger charge is 2.04. The van der Waals surface area contributed by atoms with Crippen molar-refractivity contribution in [2.75, 3.05) is 5.32 Å². The zero-order chi connectivity index (χ0) is 11.5. The summed E-state index contributed by atoms with van der Waals surface area (Å²) in [5.41, 5.74) is 0.265. The van der Waals surface area contributed by atoms with Gasteiger partial charge in [-0.25, -0.2) is 19.3 Å². The molecule has 0 radical (unpaired) electrons. The summed E-state index contributed by atoms with van der Waals surface area (Å²) in [6.07, 6.45) is 4.14. The highest BCUT2D eigenvalue weighted by Crippen LogP contribution is 2.07. The molecule has 2 N–H and O–H groups in total. The van der Waals surface area contributed by atoms with Crippen molar-refractivity contribution < 1.29 is 0 Å². The first-order valence-corrected chi connectivity index (χ1v) is 5.01. The molecule has 0 bridgehead atoms. The second-order valence-corrected chi connectivity index (χ2v) is 3.60. The van der Waals surface area contributed by atoms with Gasteiger partial charge in [-0.05, 0) is 13.3 Å². The lowest BCUT2D eigenvalue weighted by Gasteiger charge is -2.11. The molecule has 1 unspecified atom stereocenters. The SMILES string of the molecule is C=CCC(C)Nc1cc2n[nH]c(=O)n2cn1. The standard InChI is InChI=1S/C10H13N5O/c1-3-4-7(2)12-8-5-9-13-14-10(16)15(9)6-11-8/h3,5-7,12H,1,4H2,2H3,(H,14,16). The fourth-order valence-corrected chi connectivity index (χ4v) is 1.45. The van der Waals surface area contributed by atoms with E-state index in [9.17, 15) is 4.79 Å². The lowest BCUT2D eigenvalue weighted by atomic mass is 10.2. The van der Waals surface area contributed by atoms with Crippen LogP contribution in [0.25, 0.3) is 5.65 Å². The minimum absolute atomic E-state index is 0.248. The van der Waals surface area contributed by atoms with E-state index in [0.29, 0.717) is 11.5 Å². The summed E-state index contributed by atoms with van der Waals surface area (Å²) in [6, 6.07) is 1.97. The lowest BCUT2D eigenvalue weighted by molar-refractivity contribution is 0.805. The average molecular weight is 219 g/mol. The molecule has 6 nitrogen and oxygen atoms in total. The number of fused-ring (bicyclic) bond motifs is 1. The second-order valence-electron chi connectivity index (χ2n) is 3.60. The van der Waals surface area contributed by atoms with Gasteiger partial charge in [-0.15, -0.1) is 6.58 Å². The molecule has 6 heteroatoms. The Balaban J connectivity index is 2.26. The van der Waals surface area contributed by atoms with E-state index in [2.05, 4.69) is 27.1 Å². The van der Waals surface area contributed by atoms with Gasteiger partial charge >= 0.3 is 5.69 Å². The fourth-order valence-electron chi connectivity index (χ4n) is 1.45. The monoisotopic (exact) mass is 219 g/mol. The smallest absolute Gasteiger partial charge is 0.348 e. The van der Waals surface area contributed by atoms with Crippen LogP contribution in [0.3, 0.4) is 0 Å². The molecule has 0 fully saturated rings. The summed E-state index contributed by atoms with van der Waals surface area (Å²) in [7, 11) is 0. The molecule has 2 heterocycles. The molecule has 2 aromatic rings. The van der Waals surface area contributed by atoms with E-state index < -0.39 is 0 Å². The number of rotatable bonds is 4. The summed E-state index contributed by atoms with van der Waals surface area (Å²) in [6.45, 7) is 5.70. The van der Waals surface area contributed by atoms with Crippen molar-refractivity contribution in [1.29, 1.82) is 0 Å². The number of H-pyrrole nitrogens is 1. The molecule has 1 atom stereocenters. The largest absolute Gasteiger partial charge is 0.367 e. The normalized spacial score (nSPS) is 12.6. The third kappa shape index (κ3) is 1.95. The number of nitrogens with one attached hydrogen (secondary N) is 2. The van der Waals surface area contributed by atoms with Crippen molar-refractivity contribution in [3.8, 4) is 0 Å². The molecule has 84 valence electrons. The Morgan fingerprint density at radius 1 is 1.75 bits per heavy atom. The first kappa shape index (κ1) is 10.4. The summed E-state index contributed by atoms with van der Waals surface area (Å²) in [5.74, 6) is 0.695. The number of aromatic nitrogens is 4. The summed E-state index contributed by atoms with van der Waals surface area (Å²) in [4.78, 5) is 15.3. The van der Waals surface area contributed by atoms with E-state index in [-0.39, 0.29) is 11.7 Å². The summed E-state index contributed by atoms with van der Waals surface area (Å²) in [5, 5.41) is 9.41. The first-order chi connectivity index (χ1) is 7.70. The van der Waals surface area contributed by atoms with E-state index in [4.69, 9.17) is 0 Å². The second kappa shape index (κ2) is 4.18. The van der Waals surface area contributed by atoms with E-state index in [1.807, 2.05) is 13.0 Å². The molecule has 0 spiro atoms. The van der Waals surface area contributed by atoms with Gasteiger partial charge in [0.15, 0.2) is 5.65 Å². The molecule has 2 rings (SSSR count). The van der Waals surface area contributed by atoms with Crippen LogP contribution in [0.5, 0.6) is 0 Å². The fraction of sp³-hybridized carbons (Fsp3) is 0.300. The lowest BCUT2D eigenvalue weighted by Crippen LogP contribution is -2.16. The maximum Gasteiger partial charge on any atom is 0.348 e. The van der Waals surface area contributed by atoms with Crippen LogP contribution in [0.1, 0.15) is 13.3 Å². The summed E-state index contributed by atoms with van der Waals surface area (Å²) < 4.78 is 1.35. The zero-order valence-corrected chi connectivity index (χ0v) is 8.97. The Hall–Kier alpha value is -2.11. The van der Waals surface area contributed by atoms with E-state index in [1.165, 1.54) is 10.7 Å². The Kier molecular flexibility index (Phi) is 2.72. The van der Waals surface area contributed by atoms with Crippen LogP contribution in [-0.4, -0.2) is 25.6 Å². The van der Waals surface area contributed by atoms with Crippen LogP contribution >= 0.6 is 0 Å². The van der Waals surface area contributed by atoms with Crippen molar-refractivity contribution in [2.24, 2.45) is 0 Å². The zero-order valence-electron chi connectivity index (χ0n) is 8.97. The van der Waals surface area contributed by atoms with Crippen LogP contribution in [-0.2, 0) is 0 Å². The van der Waals surface area contributed by atoms with Crippen LogP contribution in [0.2, 0.25) is 0 Å². The predicted octanol–water partition coefficient (Wildman–Crippen LogP) is 0.794. The van der Waals surface area contributed by atoms with Gasteiger partial charge in [0.25, 0.3) is 0 Å². The molecular weight excluding hydrogens is 206 g/mol. The number of hydrogen-bond donors (Lipinski definition) is 2. The van der Waals surface area contributed by atoms with Crippen LogP contribution in [0.4, 0.5) is 5.82 Å². The van der Waals surface area contributed by atoms with Gasteiger partial charge in [-0.3, -0.25) is 0 Å². The Bertz CT molecular complexity index is 556. The molecule has 0 aromatic carbocycles. The molecule has 2 aromatic heterocycles. The van der Waals surface area contributed by atoms with E-state index >= 15 is 0 Å². The molecule has 0 aliphatic heterocycles.